The van der Waals surface area contributed by atoms with Gasteiger partial charge in [0.2, 0.25) is 5.91 Å². The monoisotopic (exact) mass is 539 g/mol. The van der Waals surface area contributed by atoms with E-state index in [1.807, 2.05) is 55.4 Å². The molecule has 0 N–H and O–H groups in total. The van der Waals surface area contributed by atoms with Crippen LogP contribution in [-0.4, -0.2) is 33.1 Å². The molecule has 0 spiro atoms. The Kier molecular flexibility index (Phi) is 9.34. The lowest BCUT2D eigenvalue weighted by molar-refractivity contribution is -0.134. The van der Waals surface area contributed by atoms with Crippen molar-refractivity contribution >= 4 is 35.0 Å². The molecule has 0 atom stereocenters. The molecule has 1 aliphatic carbocycles. The number of hydrogen-bond donors (Lipinski definition) is 0. The molecule has 0 unspecified atom stereocenters. The van der Waals surface area contributed by atoms with Gasteiger partial charge in [-0.05, 0) is 59.9 Å². The summed E-state index contributed by atoms with van der Waals surface area (Å²) >= 11 is 0. The number of hydrogen-bond acceptors (Lipinski definition) is 4. The van der Waals surface area contributed by atoms with E-state index in [-0.39, 0.29) is 18.4 Å². The first-order valence-electron chi connectivity index (χ1n) is 13.5. The zero-order valence-corrected chi connectivity index (χ0v) is 23.2. The Bertz CT molecular complexity index is 1450. The Hall–Kier alpha value is -4.44. The fraction of sp³-hybridized carbons (Fsp3) is 0.303. The number of halogens is 1. The van der Waals surface area contributed by atoms with E-state index < -0.39 is 11.8 Å². The summed E-state index contributed by atoms with van der Waals surface area (Å²) in [7, 11) is 5.02. The second-order valence-corrected chi connectivity index (χ2v) is 10.2. The first-order valence-corrected chi connectivity index (χ1v) is 13.5. The Labute approximate surface area is 235 Å². The highest BCUT2D eigenvalue weighted by Gasteiger charge is 2.27. The summed E-state index contributed by atoms with van der Waals surface area (Å²) in [5.41, 5.74) is 4.20. The molecule has 1 fully saturated rings. The van der Waals surface area contributed by atoms with Crippen LogP contribution in [0, 0.1) is 18.3 Å². The van der Waals surface area contributed by atoms with Crippen molar-refractivity contribution in [3.63, 3.8) is 0 Å². The van der Waals surface area contributed by atoms with Gasteiger partial charge in [0.15, 0.2) is 5.69 Å². The molecular weight excluding hydrogens is 505 g/mol. The number of ether oxygens (including phenoxy) is 1. The third-order valence-electron chi connectivity index (χ3n) is 7.30. The molecule has 0 aliphatic heterocycles. The van der Waals surface area contributed by atoms with E-state index in [0.717, 1.165) is 48.9 Å². The molecule has 1 amide bonds. The number of rotatable bonds is 8. The Morgan fingerprint density at radius 1 is 1.00 bits per heavy atom. The number of methoxy groups -OCH3 is 1. The van der Waals surface area contributed by atoms with E-state index in [1.165, 1.54) is 19.3 Å². The van der Waals surface area contributed by atoms with E-state index in [1.54, 1.807) is 29.2 Å². The standard InChI is InChI=1S/C33H34FN3O3/c1-35-31-20-24(13-16-29(31)28-17-15-26(36(2)3)21-30(28)34)22-37(33(39)25-10-6-5-7-11-25)27-12-8-9-23(19-27)14-18-32(38)40-4/h8-9,12-21,25H,5-7,10-11,22H2,2-4H3/b18-14+. The summed E-state index contributed by atoms with van der Waals surface area (Å²) in [6.07, 6.45) is 7.90. The number of carbonyl (C=O) groups excluding carboxylic acids is 2. The van der Waals surface area contributed by atoms with Gasteiger partial charge < -0.3 is 14.5 Å². The van der Waals surface area contributed by atoms with Crippen LogP contribution in [0.15, 0.2) is 66.7 Å². The molecule has 0 radical (unpaired) electrons. The summed E-state index contributed by atoms with van der Waals surface area (Å²) in [4.78, 5) is 32.7. The SMILES string of the molecule is [C-]#[N+]c1cc(CN(C(=O)C2CCCCC2)c2cccc(/C=C/C(=O)OC)c2)ccc1-c1ccc(N(C)C)cc1F. The Morgan fingerprint density at radius 3 is 2.42 bits per heavy atom. The van der Waals surface area contributed by atoms with Crippen LogP contribution in [0.1, 0.15) is 43.2 Å². The van der Waals surface area contributed by atoms with Crippen LogP contribution in [0.25, 0.3) is 22.0 Å². The van der Waals surface area contributed by atoms with Crippen molar-refractivity contribution in [2.24, 2.45) is 5.92 Å². The quantitative estimate of drug-likeness (QED) is 0.170. The number of nitrogens with zero attached hydrogens (tertiary/aromatic N) is 3. The molecule has 0 aromatic heterocycles. The third-order valence-corrected chi connectivity index (χ3v) is 7.30. The summed E-state index contributed by atoms with van der Waals surface area (Å²) in [6.45, 7) is 8.06. The van der Waals surface area contributed by atoms with Crippen molar-refractivity contribution in [3.05, 3.63) is 95.1 Å². The predicted molar refractivity (Wildman–Crippen MR) is 158 cm³/mol. The minimum Gasteiger partial charge on any atom is -0.466 e. The maximum Gasteiger partial charge on any atom is 0.330 e. The van der Waals surface area contributed by atoms with Gasteiger partial charge in [-0.25, -0.2) is 14.0 Å². The van der Waals surface area contributed by atoms with Crippen molar-refractivity contribution in [2.75, 3.05) is 31.0 Å². The minimum atomic E-state index is -0.458. The first-order chi connectivity index (χ1) is 19.3. The zero-order valence-electron chi connectivity index (χ0n) is 23.2. The van der Waals surface area contributed by atoms with Crippen molar-refractivity contribution in [1.82, 2.24) is 0 Å². The fourth-order valence-electron chi connectivity index (χ4n) is 5.07. The molecule has 7 heteroatoms. The number of amides is 1. The molecule has 3 aromatic carbocycles. The van der Waals surface area contributed by atoms with Gasteiger partial charge in [-0.2, -0.15) is 0 Å². The van der Waals surface area contributed by atoms with Gasteiger partial charge in [0, 0.05) is 49.6 Å². The molecule has 3 aromatic rings. The van der Waals surface area contributed by atoms with Gasteiger partial charge in [0.1, 0.15) is 5.82 Å². The van der Waals surface area contributed by atoms with Gasteiger partial charge >= 0.3 is 5.97 Å². The van der Waals surface area contributed by atoms with Crippen molar-refractivity contribution in [2.45, 2.75) is 38.6 Å². The van der Waals surface area contributed by atoms with E-state index in [9.17, 15) is 9.59 Å². The molecule has 0 saturated heterocycles. The van der Waals surface area contributed by atoms with Gasteiger partial charge in [-0.1, -0.05) is 55.7 Å². The number of anilines is 2. The lowest BCUT2D eigenvalue weighted by Crippen LogP contribution is -2.36. The summed E-state index contributed by atoms with van der Waals surface area (Å²) in [5, 5.41) is 0. The van der Waals surface area contributed by atoms with E-state index in [0.29, 0.717) is 22.5 Å². The molecule has 1 aliphatic rings. The molecule has 0 bridgehead atoms. The second-order valence-electron chi connectivity index (χ2n) is 10.2. The molecular formula is C33H34FN3O3. The number of esters is 1. The molecule has 0 heterocycles. The van der Waals surface area contributed by atoms with Gasteiger partial charge in [0.25, 0.3) is 0 Å². The smallest absolute Gasteiger partial charge is 0.330 e. The Balaban J connectivity index is 1.68. The van der Waals surface area contributed by atoms with Crippen LogP contribution in [0.3, 0.4) is 0 Å². The fourth-order valence-corrected chi connectivity index (χ4v) is 5.07. The Morgan fingerprint density at radius 2 is 1.75 bits per heavy atom. The lowest BCUT2D eigenvalue weighted by Gasteiger charge is -2.30. The van der Waals surface area contributed by atoms with Gasteiger partial charge in [-0.3, -0.25) is 4.79 Å². The van der Waals surface area contributed by atoms with Crippen LogP contribution in [0.2, 0.25) is 0 Å². The van der Waals surface area contributed by atoms with E-state index >= 15 is 4.39 Å². The highest BCUT2D eigenvalue weighted by atomic mass is 19.1. The molecule has 6 nitrogen and oxygen atoms in total. The number of benzene rings is 3. The highest BCUT2D eigenvalue weighted by Crippen LogP contribution is 2.36. The molecule has 40 heavy (non-hydrogen) atoms. The summed E-state index contributed by atoms with van der Waals surface area (Å²) < 4.78 is 19.7. The van der Waals surface area contributed by atoms with Crippen molar-refractivity contribution < 1.29 is 18.7 Å². The maximum atomic E-state index is 15.0. The van der Waals surface area contributed by atoms with Gasteiger partial charge in [0.05, 0.1) is 13.7 Å². The third kappa shape index (κ3) is 6.76. The average molecular weight is 540 g/mol. The first kappa shape index (κ1) is 28.6. The van der Waals surface area contributed by atoms with Crippen LogP contribution < -0.4 is 9.80 Å². The van der Waals surface area contributed by atoms with Crippen LogP contribution in [-0.2, 0) is 20.9 Å². The van der Waals surface area contributed by atoms with E-state index in [4.69, 9.17) is 11.3 Å². The van der Waals surface area contributed by atoms with E-state index in [2.05, 4.69) is 4.85 Å². The normalized spacial score (nSPS) is 13.6. The average Bonchev–Trinajstić information content (AvgIpc) is 2.98. The second kappa shape index (κ2) is 13.1. The summed E-state index contributed by atoms with van der Waals surface area (Å²) in [6, 6.07) is 17.8. The minimum absolute atomic E-state index is 0.0487. The molecule has 4 rings (SSSR count). The topological polar surface area (TPSA) is 54.2 Å². The number of carbonyl (C=O) groups is 2. The largest absolute Gasteiger partial charge is 0.466 e. The lowest BCUT2D eigenvalue weighted by atomic mass is 9.88. The van der Waals surface area contributed by atoms with Crippen LogP contribution >= 0.6 is 0 Å². The van der Waals surface area contributed by atoms with Crippen LogP contribution in [0.5, 0.6) is 0 Å². The molecule has 206 valence electrons. The van der Waals surface area contributed by atoms with Crippen LogP contribution in [0.4, 0.5) is 21.5 Å². The van der Waals surface area contributed by atoms with Crippen molar-refractivity contribution in [3.8, 4) is 11.1 Å². The van der Waals surface area contributed by atoms with Gasteiger partial charge in [-0.15, -0.1) is 0 Å². The molecule has 1 saturated carbocycles. The summed E-state index contributed by atoms with van der Waals surface area (Å²) in [5.74, 6) is -0.866. The predicted octanol–water partition coefficient (Wildman–Crippen LogP) is 7.41. The zero-order chi connectivity index (χ0) is 28.6. The maximum absolute atomic E-state index is 15.0. The highest BCUT2D eigenvalue weighted by molar-refractivity contribution is 5.95. The van der Waals surface area contributed by atoms with Crippen molar-refractivity contribution in [1.29, 1.82) is 0 Å².